The SMILES string of the molecule is CCOC(=O)/C(=C/Nc1ccccc1)C(=N)Br. The van der Waals surface area contributed by atoms with Crippen LogP contribution in [0.15, 0.2) is 42.1 Å². The third-order valence-corrected chi connectivity index (χ3v) is 2.32. The van der Waals surface area contributed by atoms with E-state index in [-0.39, 0.29) is 16.8 Å². The lowest BCUT2D eigenvalue weighted by atomic mass is 10.3. The van der Waals surface area contributed by atoms with Crippen molar-refractivity contribution in [2.75, 3.05) is 11.9 Å². The van der Waals surface area contributed by atoms with Gasteiger partial charge < -0.3 is 10.1 Å². The normalized spacial score (nSPS) is 10.8. The number of ether oxygens (including phenoxy) is 1. The van der Waals surface area contributed by atoms with Crippen LogP contribution in [-0.4, -0.2) is 17.2 Å². The van der Waals surface area contributed by atoms with Crippen molar-refractivity contribution >= 4 is 32.2 Å². The van der Waals surface area contributed by atoms with Crippen LogP contribution in [0.25, 0.3) is 0 Å². The van der Waals surface area contributed by atoms with Gasteiger partial charge in [-0.05, 0) is 35.0 Å². The van der Waals surface area contributed by atoms with Gasteiger partial charge in [0.2, 0.25) is 0 Å². The second-order valence-electron chi connectivity index (χ2n) is 3.10. The van der Waals surface area contributed by atoms with Gasteiger partial charge in [-0.25, -0.2) is 4.79 Å². The first-order chi connectivity index (χ1) is 8.15. The number of para-hydroxylation sites is 1. The molecule has 1 rings (SSSR count). The van der Waals surface area contributed by atoms with Crippen molar-refractivity contribution in [2.24, 2.45) is 0 Å². The molecule has 0 bridgehead atoms. The van der Waals surface area contributed by atoms with Gasteiger partial charge >= 0.3 is 5.97 Å². The van der Waals surface area contributed by atoms with Gasteiger partial charge in [-0.2, -0.15) is 0 Å². The van der Waals surface area contributed by atoms with Crippen LogP contribution < -0.4 is 5.32 Å². The second kappa shape index (κ2) is 6.85. The molecule has 0 heterocycles. The highest BCUT2D eigenvalue weighted by atomic mass is 79.9. The number of anilines is 1. The minimum atomic E-state index is -0.530. The van der Waals surface area contributed by atoms with E-state index in [0.717, 1.165) is 5.69 Å². The molecule has 4 nitrogen and oxygen atoms in total. The number of nitrogens with one attached hydrogen (secondary N) is 2. The van der Waals surface area contributed by atoms with Gasteiger partial charge in [0.25, 0.3) is 0 Å². The summed E-state index contributed by atoms with van der Waals surface area (Å²) in [6.07, 6.45) is 1.45. The third kappa shape index (κ3) is 4.40. The fourth-order valence-electron chi connectivity index (χ4n) is 1.11. The summed E-state index contributed by atoms with van der Waals surface area (Å²) in [6.45, 7) is 2.00. The van der Waals surface area contributed by atoms with Crippen molar-refractivity contribution in [1.82, 2.24) is 0 Å². The van der Waals surface area contributed by atoms with Crippen molar-refractivity contribution < 1.29 is 9.53 Å². The molecule has 0 atom stereocenters. The quantitative estimate of drug-likeness (QED) is 0.499. The van der Waals surface area contributed by atoms with Crippen molar-refractivity contribution in [3.05, 3.63) is 42.1 Å². The van der Waals surface area contributed by atoms with Gasteiger partial charge in [-0.1, -0.05) is 18.2 Å². The molecule has 1 aromatic carbocycles. The average molecular weight is 297 g/mol. The Morgan fingerprint density at radius 2 is 2.12 bits per heavy atom. The highest BCUT2D eigenvalue weighted by Crippen LogP contribution is 2.09. The van der Waals surface area contributed by atoms with E-state index in [4.69, 9.17) is 10.1 Å². The van der Waals surface area contributed by atoms with Gasteiger partial charge in [0.15, 0.2) is 0 Å². The second-order valence-corrected chi connectivity index (χ2v) is 3.90. The molecule has 2 N–H and O–H groups in total. The molecule has 5 heteroatoms. The highest BCUT2D eigenvalue weighted by molar-refractivity contribution is 9.18. The third-order valence-electron chi connectivity index (χ3n) is 1.89. The first kappa shape index (κ1) is 13.4. The van der Waals surface area contributed by atoms with Crippen molar-refractivity contribution in [3.8, 4) is 0 Å². The van der Waals surface area contributed by atoms with E-state index in [2.05, 4.69) is 21.2 Å². The zero-order chi connectivity index (χ0) is 12.7. The van der Waals surface area contributed by atoms with Crippen molar-refractivity contribution in [1.29, 1.82) is 5.41 Å². The Kier molecular flexibility index (Phi) is 5.42. The molecule has 90 valence electrons. The van der Waals surface area contributed by atoms with Gasteiger partial charge in [-0.15, -0.1) is 0 Å². The summed E-state index contributed by atoms with van der Waals surface area (Å²) in [5, 5.41) is 10.4. The molecule has 0 saturated carbocycles. The average Bonchev–Trinajstić information content (AvgIpc) is 2.30. The summed E-state index contributed by atoms with van der Waals surface area (Å²) in [6, 6.07) is 9.36. The number of benzene rings is 1. The molecular weight excluding hydrogens is 284 g/mol. The van der Waals surface area contributed by atoms with Crippen LogP contribution in [0.1, 0.15) is 6.92 Å². The fourth-order valence-corrected chi connectivity index (χ4v) is 1.39. The van der Waals surface area contributed by atoms with E-state index in [1.807, 2.05) is 30.3 Å². The Morgan fingerprint density at radius 1 is 1.47 bits per heavy atom. The van der Waals surface area contributed by atoms with Crippen LogP contribution in [0.5, 0.6) is 0 Å². The summed E-state index contributed by atoms with van der Waals surface area (Å²) in [5.74, 6) is -0.530. The predicted octanol–water partition coefficient (Wildman–Crippen LogP) is 2.92. The molecule has 0 fully saturated rings. The molecule has 17 heavy (non-hydrogen) atoms. The standard InChI is InChI=1S/C12H13BrN2O2/c1-2-17-12(16)10(11(13)14)8-15-9-6-4-3-5-7-9/h3-8,14-15H,2H2,1H3/b10-8+,14-11?. The van der Waals surface area contributed by atoms with Gasteiger partial charge in [0.1, 0.15) is 10.2 Å². The lowest BCUT2D eigenvalue weighted by Gasteiger charge is -2.05. The zero-order valence-electron chi connectivity index (χ0n) is 9.37. The van der Waals surface area contributed by atoms with E-state index >= 15 is 0 Å². The van der Waals surface area contributed by atoms with E-state index in [1.54, 1.807) is 6.92 Å². The lowest BCUT2D eigenvalue weighted by molar-refractivity contribution is -0.137. The number of carbonyl (C=O) groups excluding carboxylic acids is 1. The van der Waals surface area contributed by atoms with Gasteiger partial charge in [0, 0.05) is 11.9 Å². The maximum atomic E-state index is 11.5. The number of hydrogen-bond acceptors (Lipinski definition) is 4. The zero-order valence-corrected chi connectivity index (χ0v) is 11.0. The molecular formula is C12H13BrN2O2. The van der Waals surface area contributed by atoms with Crippen LogP contribution in [-0.2, 0) is 9.53 Å². The van der Waals surface area contributed by atoms with Crippen LogP contribution in [0.4, 0.5) is 5.69 Å². The molecule has 0 spiro atoms. The van der Waals surface area contributed by atoms with E-state index in [0.29, 0.717) is 0 Å². The summed E-state index contributed by atoms with van der Waals surface area (Å²) >= 11 is 2.96. The number of rotatable bonds is 5. The fraction of sp³-hybridized carbons (Fsp3) is 0.167. The summed E-state index contributed by atoms with van der Waals surface area (Å²) in [7, 11) is 0. The maximum absolute atomic E-state index is 11.5. The van der Waals surface area contributed by atoms with Crippen LogP contribution in [0.3, 0.4) is 0 Å². The maximum Gasteiger partial charge on any atom is 0.342 e. The molecule has 0 aromatic heterocycles. The number of carbonyl (C=O) groups is 1. The van der Waals surface area contributed by atoms with E-state index in [9.17, 15) is 4.79 Å². The van der Waals surface area contributed by atoms with Crippen molar-refractivity contribution in [3.63, 3.8) is 0 Å². The van der Waals surface area contributed by atoms with E-state index < -0.39 is 5.97 Å². The Balaban J connectivity index is 2.78. The molecule has 0 amide bonds. The first-order valence-electron chi connectivity index (χ1n) is 5.08. The minimum absolute atomic E-state index is 0.0145. The topological polar surface area (TPSA) is 62.2 Å². The Labute approximate surface area is 108 Å². The highest BCUT2D eigenvalue weighted by Gasteiger charge is 2.13. The van der Waals surface area contributed by atoms with Gasteiger partial charge in [-0.3, -0.25) is 5.41 Å². The predicted molar refractivity (Wildman–Crippen MR) is 71.4 cm³/mol. The molecule has 0 saturated heterocycles. The molecule has 0 radical (unpaired) electrons. The number of hydrogen-bond donors (Lipinski definition) is 2. The van der Waals surface area contributed by atoms with Crippen LogP contribution in [0, 0.1) is 5.41 Å². The molecule has 0 aliphatic carbocycles. The number of halogens is 1. The molecule has 0 aliphatic rings. The van der Waals surface area contributed by atoms with Gasteiger partial charge in [0.05, 0.1) is 6.61 Å². The largest absolute Gasteiger partial charge is 0.462 e. The summed E-state index contributed by atoms with van der Waals surface area (Å²) < 4.78 is 4.82. The molecule has 0 unspecified atom stereocenters. The number of esters is 1. The van der Waals surface area contributed by atoms with Crippen LogP contribution >= 0.6 is 15.9 Å². The Hall–Kier alpha value is -1.62. The lowest BCUT2D eigenvalue weighted by Crippen LogP contribution is -2.13. The Bertz CT molecular complexity index is 429. The molecule has 0 aliphatic heterocycles. The minimum Gasteiger partial charge on any atom is -0.462 e. The van der Waals surface area contributed by atoms with E-state index in [1.165, 1.54) is 6.20 Å². The Morgan fingerprint density at radius 3 is 2.65 bits per heavy atom. The summed E-state index contributed by atoms with van der Waals surface area (Å²) in [4.78, 5) is 11.5. The smallest absolute Gasteiger partial charge is 0.342 e. The molecule has 1 aromatic rings. The monoisotopic (exact) mass is 296 g/mol. The van der Waals surface area contributed by atoms with Crippen molar-refractivity contribution in [2.45, 2.75) is 6.92 Å². The summed E-state index contributed by atoms with van der Waals surface area (Å²) in [5.41, 5.74) is 0.985. The van der Waals surface area contributed by atoms with Crippen LogP contribution in [0.2, 0.25) is 0 Å². The first-order valence-corrected chi connectivity index (χ1v) is 5.87.